The fourth-order valence-corrected chi connectivity index (χ4v) is 1.84. The van der Waals surface area contributed by atoms with Gasteiger partial charge in [0.2, 0.25) is 0 Å². The molecular weight excluding hydrogens is 236 g/mol. The van der Waals surface area contributed by atoms with Crippen LogP contribution in [0, 0.1) is 17.2 Å². The van der Waals surface area contributed by atoms with Crippen molar-refractivity contribution < 1.29 is 4.74 Å². The minimum Gasteiger partial charge on any atom is -0.474 e. The maximum Gasteiger partial charge on any atom is 0.163 e. The van der Waals surface area contributed by atoms with E-state index in [4.69, 9.17) is 10.5 Å². The average molecular weight is 252 g/mol. The SMILES string of the molecule is N#CC(Cc1ccccc1)C(N)Oc1ccccc1. The molecule has 0 saturated heterocycles. The quantitative estimate of drug-likeness (QED) is 0.832. The van der Waals surface area contributed by atoms with Gasteiger partial charge in [0.1, 0.15) is 11.7 Å². The van der Waals surface area contributed by atoms with Crippen molar-refractivity contribution in [3.05, 3.63) is 66.2 Å². The molecule has 0 saturated carbocycles. The lowest BCUT2D eigenvalue weighted by Crippen LogP contribution is -2.36. The maximum absolute atomic E-state index is 9.23. The molecule has 0 heterocycles. The number of para-hydroxylation sites is 1. The van der Waals surface area contributed by atoms with Gasteiger partial charge in [-0.05, 0) is 24.1 Å². The molecule has 0 aromatic heterocycles. The van der Waals surface area contributed by atoms with Crippen molar-refractivity contribution >= 4 is 0 Å². The van der Waals surface area contributed by atoms with Crippen LogP contribution in [0.2, 0.25) is 0 Å². The maximum atomic E-state index is 9.23. The average Bonchev–Trinajstić information content (AvgIpc) is 2.47. The minimum absolute atomic E-state index is 0.373. The highest BCUT2D eigenvalue weighted by Gasteiger charge is 2.19. The molecule has 0 aliphatic carbocycles. The van der Waals surface area contributed by atoms with E-state index in [0.29, 0.717) is 12.2 Å². The van der Waals surface area contributed by atoms with Gasteiger partial charge in [-0.2, -0.15) is 5.26 Å². The smallest absolute Gasteiger partial charge is 0.163 e. The van der Waals surface area contributed by atoms with Crippen molar-refractivity contribution in [3.63, 3.8) is 0 Å². The third-order valence-electron chi connectivity index (χ3n) is 2.88. The third kappa shape index (κ3) is 3.84. The summed E-state index contributed by atoms with van der Waals surface area (Å²) in [6, 6.07) is 21.4. The van der Waals surface area contributed by atoms with Crippen LogP contribution in [0.25, 0.3) is 0 Å². The van der Waals surface area contributed by atoms with Gasteiger partial charge in [-0.1, -0.05) is 48.5 Å². The van der Waals surface area contributed by atoms with Crippen molar-refractivity contribution in [2.75, 3.05) is 0 Å². The molecule has 0 bridgehead atoms. The van der Waals surface area contributed by atoms with Crippen LogP contribution in [0.4, 0.5) is 0 Å². The molecule has 0 spiro atoms. The minimum atomic E-state index is -0.632. The number of nitrogens with two attached hydrogens (primary N) is 1. The first-order valence-electron chi connectivity index (χ1n) is 6.20. The zero-order valence-corrected chi connectivity index (χ0v) is 10.6. The molecule has 2 aromatic carbocycles. The molecule has 0 radical (unpaired) electrons. The monoisotopic (exact) mass is 252 g/mol. The number of hydrogen-bond acceptors (Lipinski definition) is 3. The summed E-state index contributed by atoms with van der Waals surface area (Å²) < 4.78 is 5.59. The number of rotatable bonds is 5. The fourth-order valence-electron chi connectivity index (χ4n) is 1.84. The van der Waals surface area contributed by atoms with Gasteiger partial charge in [0.15, 0.2) is 6.23 Å². The summed E-state index contributed by atoms with van der Waals surface area (Å²) in [5.74, 6) is 0.311. The molecule has 0 amide bonds. The summed E-state index contributed by atoms with van der Waals surface area (Å²) in [5, 5.41) is 9.23. The van der Waals surface area contributed by atoms with Crippen molar-refractivity contribution in [2.45, 2.75) is 12.6 Å². The molecule has 0 aliphatic heterocycles. The molecule has 0 fully saturated rings. The van der Waals surface area contributed by atoms with Crippen LogP contribution in [-0.2, 0) is 6.42 Å². The summed E-state index contributed by atoms with van der Waals surface area (Å²) in [5.41, 5.74) is 7.05. The zero-order chi connectivity index (χ0) is 13.5. The van der Waals surface area contributed by atoms with E-state index in [1.165, 1.54) is 0 Å². The van der Waals surface area contributed by atoms with E-state index in [1.54, 1.807) is 0 Å². The van der Waals surface area contributed by atoms with Gasteiger partial charge in [0.05, 0.1) is 6.07 Å². The van der Waals surface area contributed by atoms with E-state index < -0.39 is 6.23 Å². The second kappa shape index (κ2) is 6.58. The first-order valence-corrected chi connectivity index (χ1v) is 6.20. The van der Waals surface area contributed by atoms with E-state index >= 15 is 0 Å². The van der Waals surface area contributed by atoms with Crippen molar-refractivity contribution in [3.8, 4) is 11.8 Å². The Labute approximate surface area is 113 Å². The Morgan fingerprint density at radius 2 is 1.58 bits per heavy atom. The van der Waals surface area contributed by atoms with Crippen LogP contribution >= 0.6 is 0 Å². The van der Waals surface area contributed by atoms with E-state index in [9.17, 15) is 5.26 Å². The van der Waals surface area contributed by atoms with Gasteiger partial charge in [0.25, 0.3) is 0 Å². The first-order chi connectivity index (χ1) is 9.29. The fraction of sp³-hybridized carbons (Fsp3) is 0.188. The normalized spacial score (nSPS) is 13.3. The highest BCUT2D eigenvalue weighted by atomic mass is 16.5. The topological polar surface area (TPSA) is 59.0 Å². The van der Waals surface area contributed by atoms with Crippen LogP contribution in [0.3, 0.4) is 0 Å². The standard InChI is InChI=1S/C16H16N2O/c17-12-14(11-13-7-3-1-4-8-13)16(18)19-15-9-5-2-6-10-15/h1-10,14,16H,11,18H2. The highest BCUT2D eigenvalue weighted by molar-refractivity contribution is 5.22. The lowest BCUT2D eigenvalue weighted by atomic mass is 9.99. The molecule has 2 aromatic rings. The Hall–Kier alpha value is -2.31. The van der Waals surface area contributed by atoms with Crippen LogP contribution in [0.1, 0.15) is 5.56 Å². The van der Waals surface area contributed by atoms with Gasteiger partial charge < -0.3 is 4.74 Å². The Morgan fingerprint density at radius 1 is 1.00 bits per heavy atom. The predicted octanol–water partition coefficient (Wildman–Crippen LogP) is 2.73. The number of nitrogens with zero attached hydrogens (tertiary/aromatic N) is 1. The molecule has 2 atom stereocenters. The van der Waals surface area contributed by atoms with Crippen LogP contribution in [-0.4, -0.2) is 6.23 Å². The lowest BCUT2D eigenvalue weighted by Gasteiger charge is -2.19. The first kappa shape index (κ1) is 13.1. The van der Waals surface area contributed by atoms with Crippen molar-refractivity contribution in [1.82, 2.24) is 0 Å². The summed E-state index contributed by atoms with van der Waals surface area (Å²) in [7, 11) is 0. The van der Waals surface area contributed by atoms with Crippen molar-refractivity contribution in [1.29, 1.82) is 5.26 Å². The second-order valence-electron chi connectivity index (χ2n) is 4.32. The predicted molar refractivity (Wildman–Crippen MR) is 74.3 cm³/mol. The molecule has 19 heavy (non-hydrogen) atoms. The number of nitriles is 1. The molecule has 0 aliphatic rings. The summed E-state index contributed by atoms with van der Waals surface area (Å²) in [6.45, 7) is 0. The van der Waals surface area contributed by atoms with Crippen LogP contribution < -0.4 is 10.5 Å². The summed E-state index contributed by atoms with van der Waals surface area (Å²) >= 11 is 0. The Balaban J connectivity index is 2.00. The zero-order valence-electron chi connectivity index (χ0n) is 10.6. The van der Waals surface area contributed by atoms with Crippen LogP contribution in [0.15, 0.2) is 60.7 Å². The van der Waals surface area contributed by atoms with Gasteiger partial charge in [-0.15, -0.1) is 0 Å². The number of hydrogen-bond donors (Lipinski definition) is 1. The van der Waals surface area contributed by atoms with E-state index in [-0.39, 0.29) is 5.92 Å². The summed E-state index contributed by atoms with van der Waals surface area (Å²) in [6.07, 6.45) is -0.0432. The number of benzene rings is 2. The summed E-state index contributed by atoms with van der Waals surface area (Å²) in [4.78, 5) is 0. The molecular formula is C16H16N2O. The lowest BCUT2D eigenvalue weighted by molar-refractivity contribution is 0.166. The Bertz CT molecular complexity index is 534. The van der Waals surface area contributed by atoms with Gasteiger partial charge >= 0.3 is 0 Å². The Kier molecular flexibility index (Phi) is 4.54. The third-order valence-corrected chi connectivity index (χ3v) is 2.88. The van der Waals surface area contributed by atoms with Gasteiger partial charge in [-0.25, -0.2) is 0 Å². The molecule has 96 valence electrons. The number of ether oxygens (including phenoxy) is 1. The van der Waals surface area contributed by atoms with Crippen molar-refractivity contribution in [2.24, 2.45) is 11.7 Å². The second-order valence-corrected chi connectivity index (χ2v) is 4.32. The Morgan fingerprint density at radius 3 is 2.16 bits per heavy atom. The molecule has 3 nitrogen and oxygen atoms in total. The van der Waals surface area contributed by atoms with E-state index in [0.717, 1.165) is 5.56 Å². The van der Waals surface area contributed by atoms with Crippen LogP contribution in [0.5, 0.6) is 5.75 Å². The molecule has 2 unspecified atom stereocenters. The highest BCUT2D eigenvalue weighted by Crippen LogP contribution is 2.16. The van der Waals surface area contributed by atoms with Gasteiger partial charge in [0, 0.05) is 0 Å². The van der Waals surface area contributed by atoms with E-state index in [1.807, 2.05) is 60.7 Å². The van der Waals surface area contributed by atoms with Gasteiger partial charge in [-0.3, -0.25) is 5.73 Å². The largest absolute Gasteiger partial charge is 0.474 e. The molecule has 2 N–H and O–H groups in total. The molecule has 3 heteroatoms. The van der Waals surface area contributed by atoms with E-state index in [2.05, 4.69) is 6.07 Å². The molecule has 2 rings (SSSR count).